The Morgan fingerprint density at radius 2 is 1.75 bits per heavy atom. The smallest absolute Gasteiger partial charge is 0.0471 e. The van der Waals surface area contributed by atoms with E-state index in [9.17, 15) is 0 Å². The molecule has 0 aromatic heterocycles. The number of ether oxygens (including phenoxy) is 1. The molecule has 2 N–H and O–H groups in total. The van der Waals surface area contributed by atoms with E-state index in [2.05, 4.69) is 6.92 Å². The molecule has 0 amide bonds. The Balaban J connectivity index is 2.08. The van der Waals surface area contributed by atoms with Crippen LogP contribution in [0.3, 0.4) is 0 Å². The van der Waals surface area contributed by atoms with Gasteiger partial charge in [0.15, 0.2) is 0 Å². The molecule has 1 heterocycles. The van der Waals surface area contributed by atoms with Gasteiger partial charge in [-0.15, -0.1) is 0 Å². The van der Waals surface area contributed by atoms with E-state index < -0.39 is 0 Å². The van der Waals surface area contributed by atoms with Gasteiger partial charge in [-0.25, -0.2) is 0 Å². The first-order chi connectivity index (χ1) is 5.72. The van der Waals surface area contributed by atoms with Gasteiger partial charge in [0.05, 0.1) is 0 Å². The fourth-order valence-electron chi connectivity index (χ4n) is 2.56. The molecule has 0 spiro atoms. The second kappa shape index (κ2) is 2.71. The average molecular weight is 169 g/mol. The van der Waals surface area contributed by atoms with Crippen LogP contribution in [-0.4, -0.2) is 19.8 Å². The van der Waals surface area contributed by atoms with Crippen LogP contribution in [0.25, 0.3) is 0 Å². The van der Waals surface area contributed by atoms with Crippen LogP contribution < -0.4 is 5.73 Å². The molecule has 1 saturated carbocycles. The van der Waals surface area contributed by atoms with Gasteiger partial charge in [0.2, 0.25) is 0 Å². The van der Waals surface area contributed by atoms with E-state index in [-0.39, 0.29) is 0 Å². The molecule has 0 aromatic carbocycles. The molecule has 0 unspecified atom stereocenters. The van der Waals surface area contributed by atoms with Gasteiger partial charge in [-0.3, -0.25) is 0 Å². The quantitative estimate of drug-likeness (QED) is 0.680. The summed E-state index contributed by atoms with van der Waals surface area (Å²) in [5.41, 5.74) is 6.83. The van der Waals surface area contributed by atoms with Gasteiger partial charge < -0.3 is 10.5 Å². The SMILES string of the molecule is CC1(C2(CN)CC2)CCOCC1. The van der Waals surface area contributed by atoms with Crippen LogP contribution in [0.2, 0.25) is 0 Å². The lowest BCUT2D eigenvalue weighted by Crippen LogP contribution is -2.39. The van der Waals surface area contributed by atoms with E-state index in [1.165, 1.54) is 25.7 Å². The van der Waals surface area contributed by atoms with Crippen LogP contribution in [0.15, 0.2) is 0 Å². The van der Waals surface area contributed by atoms with Gasteiger partial charge in [-0.2, -0.15) is 0 Å². The maximum absolute atomic E-state index is 5.84. The lowest BCUT2D eigenvalue weighted by Gasteiger charge is -2.40. The van der Waals surface area contributed by atoms with E-state index in [1.807, 2.05) is 0 Å². The number of rotatable bonds is 2. The van der Waals surface area contributed by atoms with Crippen molar-refractivity contribution in [2.45, 2.75) is 32.6 Å². The van der Waals surface area contributed by atoms with E-state index >= 15 is 0 Å². The van der Waals surface area contributed by atoms with E-state index in [0.717, 1.165) is 19.8 Å². The van der Waals surface area contributed by atoms with E-state index in [0.29, 0.717) is 10.8 Å². The highest BCUT2D eigenvalue weighted by Gasteiger charge is 2.55. The van der Waals surface area contributed by atoms with E-state index in [4.69, 9.17) is 10.5 Å². The van der Waals surface area contributed by atoms with Crippen molar-refractivity contribution in [2.75, 3.05) is 19.8 Å². The fraction of sp³-hybridized carbons (Fsp3) is 1.00. The molecule has 12 heavy (non-hydrogen) atoms. The highest BCUT2D eigenvalue weighted by atomic mass is 16.5. The Morgan fingerprint density at radius 3 is 2.17 bits per heavy atom. The topological polar surface area (TPSA) is 35.2 Å². The molecule has 0 atom stereocenters. The van der Waals surface area contributed by atoms with Gasteiger partial charge >= 0.3 is 0 Å². The van der Waals surface area contributed by atoms with Crippen LogP contribution in [0.4, 0.5) is 0 Å². The third-order valence-electron chi connectivity index (χ3n) is 4.12. The van der Waals surface area contributed by atoms with Crippen molar-refractivity contribution in [3.63, 3.8) is 0 Å². The second-order valence-electron chi connectivity index (χ2n) is 4.66. The second-order valence-corrected chi connectivity index (χ2v) is 4.66. The number of hydrogen-bond donors (Lipinski definition) is 1. The number of nitrogens with two attached hydrogens (primary N) is 1. The van der Waals surface area contributed by atoms with Gasteiger partial charge in [-0.1, -0.05) is 6.92 Å². The Labute approximate surface area is 74.5 Å². The first-order valence-corrected chi connectivity index (χ1v) is 5.00. The van der Waals surface area contributed by atoms with Crippen molar-refractivity contribution >= 4 is 0 Å². The van der Waals surface area contributed by atoms with Crippen molar-refractivity contribution in [3.05, 3.63) is 0 Å². The molecule has 1 aliphatic heterocycles. The van der Waals surface area contributed by atoms with Crippen molar-refractivity contribution < 1.29 is 4.74 Å². The zero-order chi connectivity index (χ0) is 8.66. The summed E-state index contributed by atoms with van der Waals surface area (Å²) in [6.45, 7) is 5.16. The monoisotopic (exact) mass is 169 g/mol. The third kappa shape index (κ3) is 1.09. The lowest BCUT2D eigenvalue weighted by atomic mass is 9.69. The molecule has 0 bridgehead atoms. The third-order valence-corrected chi connectivity index (χ3v) is 4.12. The molecule has 1 aliphatic carbocycles. The molecule has 70 valence electrons. The van der Waals surface area contributed by atoms with E-state index in [1.54, 1.807) is 0 Å². The highest BCUT2D eigenvalue weighted by Crippen LogP contribution is 2.61. The summed E-state index contributed by atoms with van der Waals surface area (Å²) in [5, 5.41) is 0. The predicted molar refractivity (Wildman–Crippen MR) is 48.9 cm³/mol. The normalized spacial score (nSPS) is 31.5. The maximum atomic E-state index is 5.84. The first kappa shape index (κ1) is 8.52. The van der Waals surface area contributed by atoms with Gasteiger partial charge in [0, 0.05) is 13.2 Å². The molecule has 2 aliphatic rings. The Bertz CT molecular complexity index is 169. The highest BCUT2D eigenvalue weighted by molar-refractivity contribution is 5.06. The molecule has 0 radical (unpaired) electrons. The summed E-state index contributed by atoms with van der Waals surface area (Å²) < 4.78 is 5.39. The molecular formula is C10H19NO. The summed E-state index contributed by atoms with van der Waals surface area (Å²) in [6, 6.07) is 0. The molecule has 1 saturated heterocycles. The summed E-state index contributed by atoms with van der Waals surface area (Å²) in [4.78, 5) is 0. The zero-order valence-corrected chi connectivity index (χ0v) is 7.94. The minimum atomic E-state index is 0.486. The molecular weight excluding hydrogens is 150 g/mol. The fourth-order valence-corrected chi connectivity index (χ4v) is 2.56. The van der Waals surface area contributed by atoms with Gasteiger partial charge in [-0.05, 0) is 43.1 Å². The standard InChI is InChI=1S/C10H19NO/c1-9(4-6-12-7-5-9)10(8-11)2-3-10/h2-8,11H2,1H3. The van der Waals surface area contributed by atoms with Crippen molar-refractivity contribution in [3.8, 4) is 0 Å². The largest absolute Gasteiger partial charge is 0.381 e. The van der Waals surface area contributed by atoms with Gasteiger partial charge in [0.1, 0.15) is 0 Å². The van der Waals surface area contributed by atoms with Crippen molar-refractivity contribution in [1.29, 1.82) is 0 Å². The summed E-state index contributed by atoms with van der Waals surface area (Å²) in [7, 11) is 0. The Hall–Kier alpha value is -0.0800. The van der Waals surface area contributed by atoms with Crippen LogP contribution in [0.1, 0.15) is 32.6 Å². The average Bonchev–Trinajstić information content (AvgIpc) is 2.86. The predicted octanol–water partition coefficient (Wildman–Crippen LogP) is 1.54. The molecule has 2 heteroatoms. The molecule has 0 aromatic rings. The van der Waals surface area contributed by atoms with Crippen molar-refractivity contribution in [1.82, 2.24) is 0 Å². The molecule has 2 fully saturated rings. The lowest BCUT2D eigenvalue weighted by molar-refractivity contribution is -0.0145. The zero-order valence-electron chi connectivity index (χ0n) is 7.94. The number of hydrogen-bond acceptors (Lipinski definition) is 2. The summed E-state index contributed by atoms with van der Waals surface area (Å²) in [5.74, 6) is 0. The minimum Gasteiger partial charge on any atom is -0.381 e. The summed E-state index contributed by atoms with van der Waals surface area (Å²) in [6.07, 6.45) is 5.12. The van der Waals surface area contributed by atoms with Crippen LogP contribution >= 0.6 is 0 Å². The Kier molecular flexibility index (Phi) is 1.92. The van der Waals surface area contributed by atoms with Crippen LogP contribution in [0.5, 0.6) is 0 Å². The van der Waals surface area contributed by atoms with Crippen LogP contribution in [0, 0.1) is 10.8 Å². The first-order valence-electron chi connectivity index (χ1n) is 5.00. The minimum absolute atomic E-state index is 0.486. The van der Waals surface area contributed by atoms with Crippen LogP contribution in [-0.2, 0) is 4.74 Å². The summed E-state index contributed by atoms with van der Waals surface area (Å²) >= 11 is 0. The van der Waals surface area contributed by atoms with Crippen molar-refractivity contribution in [2.24, 2.45) is 16.6 Å². The molecule has 2 rings (SSSR count). The Morgan fingerprint density at radius 1 is 1.17 bits per heavy atom. The van der Waals surface area contributed by atoms with Gasteiger partial charge in [0.25, 0.3) is 0 Å². The molecule has 2 nitrogen and oxygen atoms in total. The maximum Gasteiger partial charge on any atom is 0.0471 e.